The van der Waals surface area contributed by atoms with Crippen LogP contribution in [0.4, 0.5) is 8.78 Å². The SMILES string of the molecule is CC(C)(C)OC(=O)CC1CC(COC(=O)C(C)(F)F)OC2(O1)C1CC3CC(C1)CC2C3. The van der Waals surface area contributed by atoms with Crippen LogP contribution in [0.5, 0.6) is 0 Å². The van der Waals surface area contributed by atoms with Crippen LogP contribution in [0.15, 0.2) is 0 Å². The highest BCUT2D eigenvalue weighted by Crippen LogP contribution is 2.61. The zero-order valence-electron chi connectivity index (χ0n) is 18.8. The monoisotopic (exact) mass is 444 g/mol. The first-order valence-electron chi connectivity index (χ1n) is 11.5. The number of hydrogen-bond donors (Lipinski definition) is 0. The first kappa shape index (κ1) is 22.9. The second-order valence-corrected chi connectivity index (χ2v) is 11.0. The predicted octanol–water partition coefficient (Wildman–Crippen LogP) is 4.24. The van der Waals surface area contributed by atoms with Crippen molar-refractivity contribution in [3.05, 3.63) is 0 Å². The molecule has 5 fully saturated rings. The highest BCUT2D eigenvalue weighted by Gasteiger charge is 2.62. The maximum Gasteiger partial charge on any atom is 0.376 e. The average Bonchev–Trinajstić information content (AvgIpc) is 2.61. The molecule has 0 aromatic heterocycles. The summed E-state index contributed by atoms with van der Waals surface area (Å²) in [5.41, 5.74) is -0.607. The highest BCUT2D eigenvalue weighted by atomic mass is 19.3. The van der Waals surface area contributed by atoms with Gasteiger partial charge in [-0.2, -0.15) is 8.78 Å². The third kappa shape index (κ3) is 4.90. The van der Waals surface area contributed by atoms with Gasteiger partial charge < -0.3 is 18.9 Å². The first-order chi connectivity index (χ1) is 14.3. The van der Waals surface area contributed by atoms with Crippen molar-refractivity contribution in [2.24, 2.45) is 23.7 Å². The number of rotatable bonds is 5. The summed E-state index contributed by atoms with van der Waals surface area (Å²) in [5, 5.41) is 0. The van der Waals surface area contributed by atoms with E-state index in [1.54, 1.807) is 0 Å². The molecule has 2 unspecified atom stereocenters. The molecule has 8 heteroatoms. The van der Waals surface area contributed by atoms with E-state index in [0.29, 0.717) is 18.8 Å². The predicted molar refractivity (Wildman–Crippen MR) is 106 cm³/mol. The van der Waals surface area contributed by atoms with E-state index in [4.69, 9.17) is 18.9 Å². The highest BCUT2D eigenvalue weighted by molar-refractivity contribution is 5.76. The van der Waals surface area contributed by atoms with E-state index in [9.17, 15) is 18.4 Å². The van der Waals surface area contributed by atoms with Gasteiger partial charge in [0.2, 0.25) is 0 Å². The number of ether oxygens (including phenoxy) is 4. The van der Waals surface area contributed by atoms with Gasteiger partial charge in [0.1, 0.15) is 12.2 Å². The summed E-state index contributed by atoms with van der Waals surface area (Å²) < 4.78 is 49.8. The molecule has 5 rings (SSSR count). The van der Waals surface area contributed by atoms with E-state index in [-0.39, 0.29) is 37.3 Å². The lowest BCUT2D eigenvalue weighted by Crippen LogP contribution is -2.65. The number of carbonyl (C=O) groups excluding carboxylic acids is 2. The fraction of sp³-hybridized carbons (Fsp3) is 0.913. The van der Waals surface area contributed by atoms with Crippen molar-refractivity contribution < 1.29 is 37.3 Å². The largest absolute Gasteiger partial charge is 0.460 e. The first-order valence-corrected chi connectivity index (χ1v) is 11.5. The lowest BCUT2D eigenvalue weighted by molar-refractivity contribution is -0.395. The molecule has 4 aliphatic carbocycles. The summed E-state index contributed by atoms with van der Waals surface area (Å²) in [6.07, 6.45) is 4.63. The van der Waals surface area contributed by atoms with Crippen LogP contribution < -0.4 is 0 Å². The van der Waals surface area contributed by atoms with Gasteiger partial charge in [0.25, 0.3) is 0 Å². The van der Waals surface area contributed by atoms with Crippen molar-refractivity contribution in [2.75, 3.05) is 6.61 Å². The van der Waals surface area contributed by atoms with Crippen LogP contribution in [-0.4, -0.2) is 48.1 Å². The van der Waals surface area contributed by atoms with E-state index >= 15 is 0 Å². The molecule has 0 aromatic carbocycles. The molecule has 5 aliphatic rings. The van der Waals surface area contributed by atoms with Crippen LogP contribution in [-0.2, 0) is 28.5 Å². The Balaban J connectivity index is 1.50. The van der Waals surface area contributed by atoms with Crippen LogP contribution in [0.2, 0.25) is 0 Å². The molecule has 2 atom stereocenters. The second kappa shape index (κ2) is 7.94. The molecule has 1 heterocycles. The zero-order valence-corrected chi connectivity index (χ0v) is 18.8. The Hall–Kier alpha value is -1.28. The second-order valence-electron chi connectivity index (χ2n) is 11.0. The molecule has 0 aromatic rings. The Labute approximate surface area is 182 Å². The summed E-state index contributed by atoms with van der Waals surface area (Å²) >= 11 is 0. The molecule has 176 valence electrons. The van der Waals surface area contributed by atoms with E-state index in [1.807, 2.05) is 20.8 Å². The molecular formula is C23H34F2O6. The van der Waals surface area contributed by atoms with Crippen molar-refractivity contribution in [1.29, 1.82) is 0 Å². The van der Waals surface area contributed by atoms with Gasteiger partial charge in [-0.05, 0) is 64.7 Å². The van der Waals surface area contributed by atoms with Gasteiger partial charge in [0.05, 0.1) is 18.6 Å². The van der Waals surface area contributed by atoms with Gasteiger partial charge >= 0.3 is 17.9 Å². The zero-order chi connectivity index (χ0) is 22.6. The van der Waals surface area contributed by atoms with Gasteiger partial charge in [0.15, 0.2) is 5.79 Å². The third-order valence-corrected chi connectivity index (χ3v) is 7.08. The maximum absolute atomic E-state index is 13.3. The van der Waals surface area contributed by atoms with E-state index in [2.05, 4.69) is 0 Å². The molecule has 31 heavy (non-hydrogen) atoms. The summed E-state index contributed by atoms with van der Waals surface area (Å²) in [5.74, 6) is -4.51. The topological polar surface area (TPSA) is 71.1 Å². The number of alkyl halides is 2. The molecule has 0 radical (unpaired) electrons. The van der Waals surface area contributed by atoms with Crippen LogP contribution >= 0.6 is 0 Å². The van der Waals surface area contributed by atoms with Crippen LogP contribution in [0.25, 0.3) is 0 Å². The Morgan fingerprint density at radius 1 is 0.903 bits per heavy atom. The standard InChI is InChI=1S/C23H34F2O6/c1-21(2,3)31-19(26)11-17-10-18(12-28-20(27)22(4,24)25)30-23(29-17)15-6-13-5-14(8-15)9-16(23)7-13/h13-18H,5-12H2,1-4H3. The minimum atomic E-state index is -3.55. The Morgan fingerprint density at radius 2 is 1.45 bits per heavy atom. The average molecular weight is 445 g/mol. The van der Waals surface area contributed by atoms with Crippen molar-refractivity contribution in [1.82, 2.24) is 0 Å². The lowest BCUT2D eigenvalue weighted by atomic mass is 9.53. The number of halogens is 2. The summed E-state index contributed by atoms with van der Waals surface area (Å²) in [6.45, 7) is 5.67. The lowest BCUT2D eigenvalue weighted by Gasteiger charge is -2.62. The smallest absolute Gasteiger partial charge is 0.376 e. The number of carbonyl (C=O) groups is 2. The maximum atomic E-state index is 13.3. The Morgan fingerprint density at radius 3 is 1.97 bits per heavy atom. The van der Waals surface area contributed by atoms with Crippen LogP contribution in [0.3, 0.4) is 0 Å². The van der Waals surface area contributed by atoms with Crippen LogP contribution in [0.1, 0.15) is 72.6 Å². The molecule has 1 aliphatic heterocycles. The van der Waals surface area contributed by atoms with E-state index in [1.165, 1.54) is 6.42 Å². The van der Waals surface area contributed by atoms with E-state index in [0.717, 1.165) is 25.7 Å². The summed E-state index contributed by atoms with van der Waals surface area (Å²) in [4.78, 5) is 24.1. The molecule has 4 saturated carbocycles. The normalized spacial score (nSPS) is 39.5. The number of esters is 2. The molecule has 6 nitrogen and oxygen atoms in total. The fourth-order valence-electron chi connectivity index (χ4n) is 6.26. The fourth-order valence-corrected chi connectivity index (χ4v) is 6.26. The van der Waals surface area contributed by atoms with E-state index < -0.39 is 35.5 Å². The third-order valence-electron chi connectivity index (χ3n) is 7.08. The quantitative estimate of drug-likeness (QED) is 0.591. The number of hydrogen-bond acceptors (Lipinski definition) is 6. The van der Waals surface area contributed by atoms with Gasteiger partial charge in [-0.3, -0.25) is 4.79 Å². The summed E-state index contributed by atoms with van der Waals surface area (Å²) in [6, 6.07) is 0. The van der Waals surface area contributed by atoms with Gasteiger partial charge in [0, 0.05) is 25.2 Å². The molecule has 1 spiro atoms. The minimum Gasteiger partial charge on any atom is -0.460 e. The van der Waals surface area contributed by atoms with Crippen molar-refractivity contribution in [2.45, 2.75) is 102 Å². The Kier molecular flexibility index (Phi) is 5.86. The van der Waals surface area contributed by atoms with Crippen molar-refractivity contribution in [3.8, 4) is 0 Å². The van der Waals surface area contributed by atoms with Gasteiger partial charge in [-0.15, -0.1) is 0 Å². The minimum absolute atomic E-state index is 0.0586. The summed E-state index contributed by atoms with van der Waals surface area (Å²) in [7, 11) is 0. The van der Waals surface area contributed by atoms with Gasteiger partial charge in [-0.25, -0.2) is 4.79 Å². The van der Waals surface area contributed by atoms with Gasteiger partial charge in [-0.1, -0.05) is 0 Å². The van der Waals surface area contributed by atoms with Crippen molar-refractivity contribution >= 4 is 11.9 Å². The van der Waals surface area contributed by atoms with Crippen LogP contribution in [0, 0.1) is 23.7 Å². The molecule has 4 bridgehead atoms. The van der Waals surface area contributed by atoms with Crippen molar-refractivity contribution in [3.63, 3.8) is 0 Å². The molecule has 0 amide bonds. The molecular weight excluding hydrogens is 410 g/mol. The Bertz CT molecular complexity index is 682. The molecule has 1 saturated heterocycles. The molecule has 0 N–H and O–H groups in total.